The number of hydrogen-bond acceptors (Lipinski definition) is 2. The minimum absolute atomic E-state index is 0.217. The van der Waals surface area contributed by atoms with Gasteiger partial charge in [0.2, 0.25) is 0 Å². The molecule has 0 atom stereocenters. The zero-order valence-electron chi connectivity index (χ0n) is 10.8. The lowest BCUT2D eigenvalue weighted by Gasteiger charge is -2.18. The van der Waals surface area contributed by atoms with Crippen LogP contribution in [-0.2, 0) is 18.3 Å². The first-order valence-corrected chi connectivity index (χ1v) is 5.82. The normalized spacial score (nSPS) is 11.9. The number of hydrogen-bond donors (Lipinski definition) is 2. The van der Waals surface area contributed by atoms with Crippen molar-refractivity contribution >= 4 is 16.9 Å². The summed E-state index contributed by atoms with van der Waals surface area (Å²) < 4.78 is 1.83. The number of carboxylic acid groups (broad SMARTS) is 1. The highest BCUT2D eigenvalue weighted by Crippen LogP contribution is 2.32. The van der Waals surface area contributed by atoms with Crippen molar-refractivity contribution in [1.82, 2.24) is 4.57 Å². The number of nitrogens with zero attached hydrogens (tertiary/aromatic N) is 1. The molecular weight excluding hydrogens is 230 g/mol. The van der Waals surface area contributed by atoms with Crippen LogP contribution in [0.1, 0.15) is 19.4 Å². The van der Waals surface area contributed by atoms with Crippen LogP contribution in [0.25, 0.3) is 10.9 Å². The smallest absolute Gasteiger partial charge is 0.309 e. The highest BCUT2D eigenvalue weighted by molar-refractivity contribution is 5.89. The van der Waals surface area contributed by atoms with E-state index in [1.807, 2.05) is 23.9 Å². The summed E-state index contributed by atoms with van der Waals surface area (Å²) in [7, 11) is 1.85. The Bertz CT molecular complexity index is 611. The third-order valence-corrected chi connectivity index (χ3v) is 3.27. The highest BCUT2D eigenvalue weighted by atomic mass is 16.4. The molecule has 2 aromatic rings. The van der Waals surface area contributed by atoms with E-state index in [2.05, 4.69) is 0 Å². The Labute approximate surface area is 105 Å². The summed E-state index contributed by atoms with van der Waals surface area (Å²) in [5.74, 6) is -0.603. The topological polar surface area (TPSA) is 62.5 Å². The molecule has 0 aliphatic rings. The number of benzene rings is 1. The van der Waals surface area contributed by atoms with E-state index in [1.54, 1.807) is 26.0 Å². The fraction of sp³-hybridized carbons (Fsp3) is 0.357. The molecule has 4 heteroatoms. The fourth-order valence-corrected chi connectivity index (χ4v) is 2.22. The molecule has 1 heterocycles. The molecule has 0 fully saturated rings. The van der Waals surface area contributed by atoms with Crippen molar-refractivity contribution in [3.05, 3.63) is 30.0 Å². The van der Waals surface area contributed by atoms with Gasteiger partial charge in [-0.15, -0.1) is 0 Å². The molecule has 0 radical (unpaired) electrons. The molecule has 0 amide bonds. The van der Waals surface area contributed by atoms with Gasteiger partial charge in [-0.1, -0.05) is 12.1 Å². The first-order valence-electron chi connectivity index (χ1n) is 5.82. The second kappa shape index (κ2) is 4.05. The maximum Gasteiger partial charge on any atom is 0.309 e. The molecule has 2 N–H and O–H groups in total. The van der Waals surface area contributed by atoms with Crippen molar-refractivity contribution in [1.29, 1.82) is 0 Å². The van der Waals surface area contributed by atoms with Crippen LogP contribution in [0.4, 0.5) is 0 Å². The molecule has 96 valence electrons. The molecule has 0 spiro atoms. The minimum atomic E-state index is -0.820. The van der Waals surface area contributed by atoms with Crippen LogP contribution < -0.4 is 0 Å². The molecule has 0 bridgehead atoms. The van der Waals surface area contributed by atoms with Crippen LogP contribution in [-0.4, -0.2) is 20.7 Å². The minimum Gasteiger partial charge on any atom is -0.506 e. The maximum absolute atomic E-state index is 11.2. The van der Waals surface area contributed by atoms with Gasteiger partial charge in [-0.2, -0.15) is 0 Å². The van der Waals surface area contributed by atoms with Crippen molar-refractivity contribution < 1.29 is 15.0 Å². The van der Waals surface area contributed by atoms with E-state index in [0.29, 0.717) is 6.42 Å². The zero-order valence-corrected chi connectivity index (χ0v) is 10.8. The Hall–Kier alpha value is -1.97. The number of carboxylic acids is 1. The monoisotopic (exact) mass is 247 g/mol. The van der Waals surface area contributed by atoms with Gasteiger partial charge in [0.1, 0.15) is 5.75 Å². The van der Waals surface area contributed by atoms with Crippen molar-refractivity contribution in [2.45, 2.75) is 20.3 Å². The molecule has 0 unspecified atom stereocenters. The molecule has 0 saturated carbocycles. The first kappa shape index (κ1) is 12.5. The number of rotatable bonds is 3. The SMILES string of the molecule is Cn1cc(CC(C)(C)C(=O)O)c2cccc(O)c21. The van der Waals surface area contributed by atoms with E-state index >= 15 is 0 Å². The zero-order chi connectivity index (χ0) is 13.5. The number of para-hydroxylation sites is 1. The average Bonchev–Trinajstić information content (AvgIpc) is 2.56. The lowest BCUT2D eigenvalue weighted by atomic mass is 9.86. The van der Waals surface area contributed by atoms with Gasteiger partial charge in [0.15, 0.2) is 0 Å². The molecule has 4 nitrogen and oxygen atoms in total. The van der Waals surface area contributed by atoms with E-state index < -0.39 is 11.4 Å². The number of aromatic hydroxyl groups is 1. The highest BCUT2D eigenvalue weighted by Gasteiger charge is 2.28. The molecule has 1 aromatic carbocycles. The lowest BCUT2D eigenvalue weighted by molar-refractivity contribution is -0.146. The van der Waals surface area contributed by atoms with Crippen molar-refractivity contribution in [2.75, 3.05) is 0 Å². The number of carbonyl (C=O) groups is 1. The van der Waals surface area contributed by atoms with Gasteiger partial charge in [0, 0.05) is 18.6 Å². The largest absolute Gasteiger partial charge is 0.506 e. The maximum atomic E-state index is 11.2. The van der Waals surface area contributed by atoms with Gasteiger partial charge >= 0.3 is 5.97 Å². The Balaban J connectivity index is 2.54. The van der Waals surface area contributed by atoms with Gasteiger partial charge in [0.05, 0.1) is 10.9 Å². The average molecular weight is 247 g/mol. The number of phenols is 1. The van der Waals surface area contributed by atoms with E-state index in [4.69, 9.17) is 0 Å². The van der Waals surface area contributed by atoms with Crippen LogP contribution in [0.2, 0.25) is 0 Å². The van der Waals surface area contributed by atoms with Crippen molar-refractivity contribution in [3.63, 3.8) is 0 Å². The molecule has 2 rings (SSSR count). The number of aromatic nitrogens is 1. The second-order valence-corrected chi connectivity index (χ2v) is 5.30. The van der Waals surface area contributed by atoms with Gasteiger partial charge in [-0.25, -0.2) is 0 Å². The molecule has 18 heavy (non-hydrogen) atoms. The lowest BCUT2D eigenvalue weighted by Crippen LogP contribution is -2.26. The summed E-state index contributed by atoms with van der Waals surface area (Å²) in [6, 6.07) is 5.31. The fourth-order valence-electron chi connectivity index (χ4n) is 2.22. The summed E-state index contributed by atoms with van der Waals surface area (Å²) in [5.41, 5.74) is 0.865. The standard InChI is InChI=1S/C14H17NO3/c1-14(2,13(17)18)7-9-8-15(3)12-10(9)5-4-6-11(12)16/h4-6,8,16H,7H2,1-3H3,(H,17,18). The summed E-state index contributed by atoms with van der Waals surface area (Å²) in [4.78, 5) is 11.2. The van der Waals surface area contributed by atoms with Gasteiger partial charge < -0.3 is 14.8 Å². The molecule has 0 saturated heterocycles. The quantitative estimate of drug-likeness (QED) is 0.876. The van der Waals surface area contributed by atoms with Crippen LogP contribution in [0.15, 0.2) is 24.4 Å². The predicted octanol–water partition coefficient (Wildman–Crippen LogP) is 2.54. The number of phenolic OH excluding ortho intramolecular Hbond substituents is 1. The number of aliphatic carboxylic acids is 1. The van der Waals surface area contributed by atoms with E-state index in [0.717, 1.165) is 16.5 Å². The van der Waals surface area contributed by atoms with Crippen LogP contribution >= 0.6 is 0 Å². The van der Waals surface area contributed by atoms with Gasteiger partial charge in [0.25, 0.3) is 0 Å². The second-order valence-electron chi connectivity index (χ2n) is 5.30. The Kier molecular flexibility index (Phi) is 2.81. The van der Waals surface area contributed by atoms with Gasteiger partial charge in [-0.05, 0) is 31.9 Å². The van der Waals surface area contributed by atoms with Crippen LogP contribution in [0, 0.1) is 5.41 Å². The van der Waals surface area contributed by atoms with Gasteiger partial charge in [-0.3, -0.25) is 4.79 Å². The number of fused-ring (bicyclic) bond motifs is 1. The third kappa shape index (κ3) is 1.94. The van der Waals surface area contributed by atoms with Crippen molar-refractivity contribution in [3.8, 4) is 5.75 Å². The summed E-state index contributed by atoms with van der Waals surface area (Å²) in [5, 5.41) is 19.9. The molecule has 1 aromatic heterocycles. The van der Waals surface area contributed by atoms with Crippen molar-refractivity contribution in [2.24, 2.45) is 12.5 Å². The predicted molar refractivity (Wildman–Crippen MR) is 69.7 cm³/mol. The summed E-state index contributed by atoms with van der Waals surface area (Å²) in [6.07, 6.45) is 2.32. The molecule has 0 aliphatic carbocycles. The van der Waals surface area contributed by atoms with E-state index in [1.165, 1.54) is 0 Å². The van der Waals surface area contributed by atoms with E-state index in [9.17, 15) is 15.0 Å². The molecular formula is C14H17NO3. The Morgan fingerprint density at radius 2 is 2.06 bits per heavy atom. The van der Waals surface area contributed by atoms with Crippen LogP contribution in [0.5, 0.6) is 5.75 Å². The third-order valence-electron chi connectivity index (χ3n) is 3.27. The van der Waals surface area contributed by atoms with E-state index in [-0.39, 0.29) is 5.75 Å². The Morgan fingerprint density at radius 3 is 2.67 bits per heavy atom. The first-order chi connectivity index (χ1) is 8.33. The Morgan fingerprint density at radius 1 is 1.39 bits per heavy atom. The van der Waals surface area contributed by atoms with Crippen LogP contribution in [0.3, 0.4) is 0 Å². The molecule has 0 aliphatic heterocycles. The number of aryl methyl sites for hydroxylation is 1. The summed E-state index contributed by atoms with van der Waals surface area (Å²) in [6.45, 7) is 3.41. The summed E-state index contributed by atoms with van der Waals surface area (Å²) >= 11 is 0.